The lowest BCUT2D eigenvalue weighted by Crippen LogP contribution is -2.50. The van der Waals surface area contributed by atoms with Crippen molar-refractivity contribution < 1.29 is 4.79 Å². The summed E-state index contributed by atoms with van der Waals surface area (Å²) in [7, 11) is 0. The molecule has 1 fully saturated rings. The largest absolute Gasteiger partial charge is 0.338 e. The summed E-state index contributed by atoms with van der Waals surface area (Å²) >= 11 is 0. The number of hydrogen-bond donors (Lipinski definition) is 2. The van der Waals surface area contributed by atoms with Crippen LogP contribution in [-0.2, 0) is 6.42 Å². The zero-order valence-electron chi connectivity index (χ0n) is 12.8. The fraction of sp³-hybridized carbons (Fsp3) is 0.562. The second kappa shape index (κ2) is 6.75. The van der Waals surface area contributed by atoms with E-state index in [-0.39, 0.29) is 6.03 Å². The molecule has 20 heavy (non-hydrogen) atoms. The molecule has 0 spiro atoms. The second-order valence-electron chi connectivity index (χ2n) is 5.60. The van der Waals surface area contributed by atoms with E-state index in [2.05, 4.69) is 43.5 Å². The van der Waals surface area contributed by atoms with E-state index in [1.807, 2.05) is 4.90 Å². The SMILES string of the molecule is Cc1cc(C)c(CCNC(=O)N2CCNCC2)c(C)c1. The number of aryl methyl sites for hydroxylation is 3. The van der Waals surface area contributed by atoms with Gasteiger partial charge in [-0.15, -0.1) is 0 Å². The summed E-state index contributed by atoms with van der Waals surface area (Å²) in [6, 6.07) is 4.48. The summed E-state index contributed by atoms with van der Waals surface area (Å²) < 4.78 is 0. The number of amides is 2. The predicted octanol–water partition coefficient (Wildman–Crippen LogP) is 1.77. The van der Waals surface area contributed by atoms with Gasteiger partial charge in [-0.1, -0.05) is 17.7 Å². The van der Waals surface area contributed by atoms with Crippen LogP contribution in [0.15, 0.2) is 12.1 Å². The second-order valence-corrected chi connectivity index (χ2v) is 5.60. The molecule has 1 saturated heterocycles. The van der Waals surface area contributed by atoms with E-state index in [0.717, 1.165) is 32.6 Å². The predicted molar refractivity (Wildman–Crippen MR) is 82.2 cm³/mol. The van der Waals surface area contributed by atoms with E-state index in [1.54, 1.807) is 0 Å². The third-order valence-corrected chi connectivity index (χ3v) is 3.90. The zero-order valence-corrected chi connectivity index (χ0v) is 12.8. The summed E-state index contributed by atoms with van der Waals surface area (Å²) in [5.41, 5.74) is 5.29. The standard InChI is InChI=1S/C16H25N3O/c1-12-10-13(2)15(14(3)11-12)4-5-18-16(20)19-8-6-17-7-9-19/h10-11,17H,4-9H2,1-3H3,(H,18,20). The van der Waals surface area contributed by atoms with Crippen LogP contribution in [0.25, 0.3) is 0 Å². The van der Waals surface area contributed by atoms with Gasteiger partial charge in [0, 0.05) is 32.7 Å². The first-order valence-corrected chi connectivity index (χ1v) is 7.38. The lowest BCUT2D eigenvalue weighted by atomic mass is 9.97. The van der Waals surface area contributed by atoms with Crippen molar-refractivity contribution in [1.82, 2.24) is 15.5 Å². The Morgan fingerprint density at radius 1 is 1.20 bits per heavy atom. The van der Waals surface area contributed by atoms with E-state index in [0.29, 0.717) is 6.54 Å². The number of urea groups is 1. The molecule has 4 heteroatoms. The maximum atomic E-state index is 12.0. The highest BCUT2D eigenvalue weighted by molar-refractivity contribution is 5.74. The minimum Gasteiger partial charge on any atom is -0.338 e. The smallest absolute Gasteiger partial charge is 0.317 e. The van der Waals surface area contributed by atoms with Gasteiger partial charge < -0.3 is 15.5 Å². The minimum atomic E-state index is 0.0638. The highest BCUT2D eigenvalue weighted by atomic mass is 16.2. The number of carbonyl (C=O) groups is 1. The molecule has 2 rings (SSSR count). The molecule has 2 amide bonds. The highest BCUT2D eigenvalue weighted by Gasteiger charge is 2.15. The van der Waals surface area contributed by atoms with E-state index in [9.17, 15) is 4.79 Å². The van der Waals surface area contributed by atoms with Crippen LogP contribution in [0.5, 0.6) is 0 Å². The topological polar surface area (TPSA) is 44.4 Å². The third kappa shape index (κ3) is 3.73. The summed E-state index contributed by atoms with van der Waals surface area (Å²) in [5.74, 6) is 0. The number of hydrogen-bond acceptors (Lipinski definition) is 2. The van der Waals surface area contributed by atoms with Crippen molar-refractivity contribution >= 4 is 6.03 Å². The van der Waals surface area contributed by atoms with Gasteiger partial charge in [0.05, 0.1) is 0 Å². The maximum Gasteiger partial charge on any atom is 0.317 e. The molecule has 2 N–H and O–H groups in total. The number of nitrogens with one attached hydrogen (secondary N) is 2. The molecule has 110 valence electrons. The Balaban J connectivity index is 1.85. The Kier molecular flexibility index (Phi) is 5.01. The quantitative estimate of drug-likeness (QED) is 0.883. The summed E-state index contributed by atoms with van der Waals surface area (Å²) in [6.45, 7) is 10.5. The lowest BCUT2D eigenvalue weighted by Gasteiger charge is -2.27. The van der Waals surface area contributed by atoms with E-state index >= 15 is 0 Å². The molecule has 0 radical (unpaired) electrons. The van der Waals surface area contributed by atoms with Crippen LogP contribution in [0.1, 0.15) is 22.3 Å². The number of benzene rings is 1. The van der Waals surface area contributed by atoms with Crippen molar-refractivity contribution in [2.45, 2.75) is 27.2 Å². The van der Waals surface area contributed by atoms with Gasteiger partial charge in [0.1, 0.15) is 0 Å². The van der Waals surface area contributed by atoms with Crippen molar-refractivity contribution in [2.24, 2.45) is 0 Å². The number of carbonyl (C=O) groups excluding carboxylic acids is 1. The van der Waals surface area contributed by atoms with Gasteiger partial charge in [0.2, 0.25) is 0 Å². The van der Waals surface area contributed by atoms with E-state index in [1.165, 1.54) is 22.3 Å². The van der Waals surface area contributed by atoms with Crippen molar-refractivity contribution in [3.05, 3.63) is 34.4 Å². The summed E-state index contributed by atoms with van der Waals surface area (Å²) in [6.07, 6.45) is 0.899. The molecule has 0 bridgehead atoms. The lowest BCUT2D eigenvalue weighted by molar-refractivity contribution is 0.190. The molecule has 0 atom stereocenters. The third-order valence-electron chi connectivity index (χ3n) is 3.90. The van der Waals surface area contributed by atoms with Crippen LogP contribution in [0.2, 0.25) is 0 Å². The van der Waals surface area contributed by atoms with Gasteiger partial charge in [-0.2, -0.15) is 0 Å². The first kappa shape index (κ1) is 14.9. The molecule has 1 aromatic rings. The molecule has 4 nitrogen and oxygen atoms in total. The molecular weight excluding hydrogens is 250 g/mol. The first-order valence-electron chi connectivity index (χ1n) is 7.38. The molecule has 0 unspecified atom stereocenters. The number of piperazine rings is 1. The van der Waals surface area contributed by atoms with Crippen molar-refractivity contribution in [2.75, 3.05) is 32.7 Å². The first-order chi connectivity index (χ1) is 9.58. The van der Waals surface area contributed by atoms with Crippen LogP contribution in [0.4, 0.5) is 4.79 Å². The van der Waals surface area contributed by atoms with Gasteiger partial charge >= 0.3 is 6.03 Å². The summed E-state index contributed by atoms with van der Waals surface area (Å²) in [5, 5.41) is 6.28. The minimum absolute atomic E-state index is 0.0638. The van der Waals surface area contributed by atoms with Gasteiger partial charge in [-0.3, -0.25) is 0 Å². The average molecular weight is 275 g/mol. The normalized spacial score (nSPS) is 15.2. The average Bonchev–Trinajstić information content (AvgIpc) is 2.42. The number of nitrogens with zero attached hydrogens (tertiary/aromatic N) is 1. The van der Waals surface area contributed by atoms with Gasteiger partial charge in [0.25, 0.3) is 0 Å². The van der Waals surface area contributed by atoms with Gasteiger partial charge in [-0.05, 0) is 43.9 Å². The highest BCUT2D eigenvalue weighted by Crippen LogP contribution is 2.16. The Bertz CT molecular complexity index is 456. The molecule has 0 saturated carbocycles. The van der Waals surface area contributed by atoms with Crippen LogP contribution in [-0.4, -0.2) is 43.7 Å². The van der Waals surface area contributed by atoms with Crippen molar-refractivity contribution in [3.8, 4) is 0 Å². The van der Waals surface area contributed by atoms with Crippen molar-refractivity contribution in [3.63, 3.8) is 0 Å². The Labute approximate surface area is 121 Å². The Hall–Kier alpha value is -1.55. The summed E-state index contributed by atoms with van der Waals surface area (Å²) in [4.78, 5) is 13.9. The Morgan fingerprint density at radius 3 is 2.40 bits per heavy atom. The van der Waals surface area contributed by atoms with Crippen molar-refractivity contribution in [1.29, 1.82) is 0 Å². The van der Waals surface area contributed by atoms with Gasteiger partial charge in [0.15, 0.2) is 0 Å². The maximum absolute atomic E-state index is 12.0. The van der Waals surface area contributed by atoms with E-state index < -0.39 is 0 Å². The van der Waals surface area contributed by atoms with Crippen LogP contribution < -0.4 is 10.6 Å². The van der Waals surface area contributed by atoms with Gasteiger partial charge in [-0.25, -0.2) is 4.79 Å². The van der Waals surface area contributed by atoms with Crippen LogP contribution >= 0.6 is 0 Å². The number of rotatable bonds is 3. The molecule has 0 aromatic heterocycles. The molecule has 1 heterocycles. The molecular formula is C16H25N3O. The molecule has 1 aliphatic rings. The molecule has 1 aromatic carbocycles. The molecule has 0 aliphatic carbocycles. The van der Waals surface area contributed by atoms with Crippen LogP contribution in [0.3, 0.4) is 0 Å². The zero-order chi connectivity index (χ0) is 14.5. The van der Waals surface area contributed by atoms with Crippen LogP contribution in [0, 0.1) is 20.8 Å². The fourth-order valence-corrected chi connectivity index (χ4v) is 2.88. The monoisotopic (exact) mass is 275 g/mol. The Morgan fingerprint density at radius 2 is 1.80 bits per heavy atom. The fourth-order valence-electron chi connectivity index (χ4n) is 2.88. The molecule has 1 aliphatic heterocycles. The van der Waals surface area contributed by atoms with E-state index in [4.69, 9.17) is 0 Å².